The molecule has 0 fully saturated rings. The predicted molar refractivity (Wildman–Crippen MR) is 53.0 cm³/mol. The van der Waals surface area contributed by atoms with Gasteiger partial charge in [0.1, 0.15) is 0 Å². The smallest absolute Gasteiger partial charge is 0.169 e. The third-order valence-electron chi connectivity index (χ3n) is 1.71. The minimum Gasteiger partial charge on any atom is -0.228 e. The van der Waals surface area contributed by atoms with Crippen molar-refractivity contribution in [2.45, 2.75) is 32.4 Å². The van der Waals surface area contributed by atoms with Crippen LogP contribution in [0, 0.1) is 0 Å². The zero-order valence-corrected chi connectivity index (χ0v) is 10.00. The summed E-state index contributed by atoms with van der Waals surface area (Å²) in [4.78, 5) is 0. The molecule has 0 atom stereocenters. The summed E-state index contributed by atoms with van der Waals surface area (Å²) in [5.74, 6) is -0.137. The fourth-order valence-corrected chi connectivity index (χ4v) is 4.47. The van der Waals surface area contributed by atoms with Crippen molar-refractivity contribution < 1.29 is 16.8 Å². The van der Waals surface area contributed by atoms with Gasteiger partial charge in [-0.1, -0.05) is 6.92 Å². The maximum Gasteiger partial charge on any atom is 0.169 e. The zero-order chi connectivity index (χ0) is 10.9. The maximum absolute atomic E-state index is 11.4. The topological polar surface area (TPSA) is 68.3 Å². The fourth-order valence-electron chi connectivity index (χ4n) is 0.496. The molecule has 0 saturated heterocycles. The van der Waals surface area contributed by atoms with Crippen LogP contribution in [0.3, 0.4) is 0 Å². The number of hydrogen-bond donors (Lipinski definition) is 0. The van der Waals surface area contributed by atoms with Gasteiger partial charge in [-0.2, -0.15) is 0 Å². The van der Waals surface area contributed by atoms with Gasteiger partial charge in [-0.25, -0.2) is 16.8 Å². The normalized spacial score (nSPS) is 14.5. The average Bonchev–Trinajstić information content (AvgIpc) is 1.83. The summed E-state index contributed by atoms with van der Waals surface area (Å²) in [7, 11) is -7.00. The Morgan fingerprint density at radius 3 is 1.62 bits per heavy atom. The maximum atomic E-state index is 11.4. The van der Waals surface area contributed by atoms with Gasteiger partial charge in [0.2, 0.25) is 0 Å². The second kappa shape index (κ2) is 3.57. The molecule has 0 aromatic heterocycles. The van der Waals surface area contributed by atoms with Gasteiger partial charge in [-0.3, -0.25) is 0 Å². The van der Waals surface area contributed by atoms with Crippen LogP contribution in [-0.2, 0) is 19.7 Å². The van der Waals surface area contributed by atoms with Crippen molar-refractivity contribution in [3.63, 3.8) is 0 Å². The van der Waals surface area contributed by atoms with Crippen LogP contribution in [0.25, 0.3) is 0 Å². The molecule has 0 saturated carbocycles. The molecule has 0 aliphatic heterocycles. The highest BCUT2D eigenvalue weighted by molar-refractivity contribution is 8.08. The van der Waals surface area contributed by atoms with Crippen LogP contribution in [0.1, 0.15) is 27.7 Å². The number of hydrogen-bond acceptors (Lipinski definition) is 4. The van der Waals surface area contributed by atoms with Crippen molar-refractivity contribution in [1.82, 2.24) is 0 Å². The first-order valence-corrected chi connectivity index (χ1v) is 7.42. The molecule has 0 aromatic rings. The van der Waals surface area contributed by atoms with Crippen molar-refractivity contribution >= 4 is 19.7 Å². The molecular formula is C7H16O4S2. The Balaban J connectivity index is 4.97. The first kappa shape index (κ1) is 12.9. The van der Waals surface area contributed by atoms with E-state index in [9.17, 15) is 16.8 Å². The van der Waals surface area contributed by atoms with Gasteiger partial charge in [0, 0.05) is 5.75 Å². The van der Waals surface area contributed by atoms with Crippen molar-refractivity contribution in [3.05, 3.63) is 0 Å². The minimum absolute atomic E-state index is 0.137. The molecule has 80 valence electrons. The average molecular weight is 228 g/mol. The monoisotopic (exact) mass is 228 g/mol. The van der Waals surface area contributed by atoms with E-state index < -0.39 is 29.5 Å². The van der Waals surface area contributed by atoms with Crippen LogP contribution >= 0.6 is 0 Å². The molecule has 6 heteroatoms. The Kier molecular flexibility index (Phi) is 3.54. The molecule has 0 heterocycles. The molecule has 0 aliphatic rings. The molecule has 4 nitrogen and oxygen atoms in total. The van der Waals surface area contributed by atoms with E-state index in [-0.39, 0.29) is 5.75 Å². The Morgan fingerprint density at radius 2 is 1.38 bits per heavy atom. The summed E-state index contributed by atoms with van der Waals surface area (Å²) in [6.07, 6.45) is 0. The van der Waals surface area contributed by atoms with E-state index in [0.29, 0.717) is 0 Å². The van der Waals surface area contributed by atoms with Gasteiger partial charge >= 0.3 is 0 Å². The lowest BCUT2D eigenvalue weighted by atomic mass is 10.3. The van der Waals surface area contributed by atoms with Gasteiger partial charge in [-0.15, -0.1) is 0 Å². The molecule has 0 aliphatic carbocycles. The first-order valence-electron chi connectivity index (χ1n) is 3.94. The van der Waals surface area contributed by atoms with Crippen LogP contribution in [0.15, 0.2) is 0 Å². The molecule has 13 heavy (non-hydrogen) atoms. The molecule has 0 radical (unpaired) electrons. The van der Waals surface area contributed by atoms with E-state index in [2.05, 4.69) is 0 Å². The standard InChI is InChI=1S/C7H16O4S2/c1-5-12(8,9)6-13(10,11)7(2,3)4/h5-6H2,1-4H3. The zero-order valence-electron chi connectivity index (χ0n) is 8.36. The highest BCUT2D eigenvalue weighted by Gasteiger charge is 2.32. The van der Waals surface area contributed by atoms with Crippen molar-refractivity contribution in [3.8, 4) is 0 Å². The van der Waals surface area contributed by atoms with Crippen LogP contribution < -0.4 is 0 Å². The second-order valence-corrected chi connectivity index (χ2v) is 9.34. The lowest BCUT2D eigenvalue weighted by Gasteiger charge is -2.18. The van der Waals surface area contributed by atoms with Crippen LogP contribution in [0.2, 0.25) is 0 Å². The van der Waals surface area contributed by atoms with E-state index in [4.69, 9.17) is 0 Å². The van der Waals surface area contributed by atoms with Crippen molar-refractivity contribution in [1.29, 1.82) is 0 Å². The van der Waals surface area contributed by atoms with E-state index in [1.165, 1.54) is 27.7 Å². The van der Waals surface area contributed by atoms with Crippen molar-refractivity contribution in [2.24, 2.45) is 0 Å². The van der Waals surface area contributed by atoms with Gasteiger partial charge < -0.3 is 0 Å². The second-order valence-electron chi connectivity index (χ2n) is 3.88. The van der Waals surface area contributed by atoms with E-state index >= 15 is 0 Å². The molecule has 0 rings (SSSR count). The van der Waals surface area contributed by atoms with Gasteiger partial charge in [-0.05, 0) is 20.8 Å². The molecule has 0 aromatic carbocycles. The molecule has 0 N–H and O–H groups in total. The summed E-state index contributed by atoms with van der Waals surface area (Å²) >= 11 is 0. The Hall–Kier alpha value is -0.100. The first-order chi connectivity index (χ1) is 5.52. The third kappa shape index (κ3) is 3.64. The summed E-state index contributed by atoms with van der Waals surface area (Å²) in [5.41, 5.74) is 0. The molecule has 0 unspecified atom stereocenters. The van der Waals surface area contributed by atoms with E-state index in [0.717, 1.165) is 0 Å². The Bertz CT molecular complexity index is 356. The largest absolute Gasteiger partial charge is 0.228 e. The van der Waals surface area contributed by atoms with Gasteiger partial charge in [0.05, 0.1) is 4.75 Å². The third-order valence-corrected chi connectivity index (χ3v) is 7.13. The van der Waals surface area contributed by atoms with Gasteiger partial charge in [0.15, 0.2) is 24.8 Å². The highest BCUT2D eigenvalue weighted by atomic mass is 32.3. The predicted octanol–water partition coefficient (Wildman–Crippen LogP) is 0.592. The number of rotatable bonds is 3. The summed E-state index contributed by atoms with van der Waals surface area (Å²) in [6.45, 7) is 5.92. The van der Waals surface area contributed by atoms with E-state index in [1.54, 1.807) is 0 Å². The molecular weight excluding hydrogens is 212 g/mol. The summed E-state index contributed by atoms with van der Waals surface area (Å²) in [6, 6.07) is 0. The lowest BCUT2D eigenvalue weighted by molar-refractivity contribution is 0.561. The molecule has 0 amide bonds. The SMILES string of the molecule is CCS(=O)(=O)CS(=O)(=O)C(C)(C)C. The van der Waals surface area contributed by atoms with Crippen LogP contribution in [0.4, 0.5) is 0 Å². The Labute approximate surface area is 80.2 Å². The minimum atomic E-state index is -3.56. The summed E-state index contributed by atoms with van der Waals surface area (Å²) < 4.78 is 44.1. The van der Waals surface area contributed by atoms with E-state index in [1.807, 2.05) is 0 Å². The Morgan fingerprint density at radius 1 is 1.00 bits per heavy atom. The number of sulfone groups is 2. The summed E-state index contributed by atoms with van der Waals surface area (Å²) in [5, 5.41) is -0.750. The molecule has 0 bridgehead atoms. The lowest BCUT2D eigenvalue weighted by Crippen LogP contribution is -2.33. The van der Waals surface area contributed by atoms with Crippen LogP contribution in [-0.4, -0.2) is 32.4 Å². The molecule has 0 spiro atoms. The van der Waals surface area contributed by atoms with Gasteiger partial charge in [0.25, 0.3) is 0 Å². The van der Waals surface area contributed by atoms with Crippen LogP contribution in [0.5, 0.6) is 0 Å². The fraction of sp³-hybridized carbons (Fsp3) is 1.00. The quantitative estimate of drug-likeness (QED) is 0.709. The highest BCUT2D eigenvalue weighted by Crippen LogP contribution is 2.17. The van der Waals surface area contributed by atoms with Crippen molar-refractivity contribution in [2.75, 3.05) is 10.8 Å².